The van der Waals surface area contributed by atoms with Crippen LogP contribution in [0.2, 0.25) is 0 Å². The zero-order valence-electron chi connectivity index (χ0n) is 9.69. The topological polar surface area (TPSA) is 78.4 Å². The Labute approximate surface area is 99.8 Å². The van der Waals surface area contributed by atoms with E-state index in [4.69, 9.17) is 5.11 Å². The Hall–Kier alpha value is -1.88. The fourth-order valence-electron chi connectivity index (χ4n) is 1.23. The number of carbonyl (C=O) groups is 2. The Bertz CT molecular complexity index is 387. The summed E-state index contributed by atoms with van der Waals surface area (Å²) >= 11 is 0. The summed E-state index contributed by atoms with van der Waals surface area (Å²) in [6.07, 6.45) is 0. The van der Waals surface area contributed by atoms with E-state index in [-0.39, 0.29) is 25.0 Å². The van der Waals surface area contributed by atoms with Gasteiger partial charge in [0.15, 0.2) is 0 Å². The van der Waals surface area contributed by atoms with Crippen LogP contribution >= 0.6 is 0 Å². The lowest BCUT2D eigenvalue weighted by Crippen LogP contribution is -2.35. The van der Waals surface area contributed by atoms with E-state index in [2.05, 4.69) is 10.6 Å². The summed E-state index contributed by atoms with van der Waals surface area (Å²) in [6, 6.07) is 7.28. The minimum absolute atomic E-state index is 0.00910. The third-order valence-corrected chi connectivity index (χ3v) is 2.19. The van der Waals surface area contributed by atoms with Gasteiger partial charge < -0.3 is 15.7 Å². The molecular formula is C12H16N2O3. The molecule has 5 nitrogen and oxygen atoms in total. The van der Waals surface area contributed by atoms with E-state index in [0.29, 0.717) is 6.54 Å². The number of aliphatic hydroxyl groups is 1. The number of benzene rings is 1. The Morgan fingerprint density at radius 1 is 1.12 bits per heavy atom. The van der Waals surface area contributed by atoms with Crippen LogP contribution in [0.1, 0.15) is 18.1 Å². The van der Waals surface area contributed by atoms with Crippen LogP contribution in [0.3, 0.4) is 0 Å². The molecule has 0 aromatic heterocycles. The zero-order valence-corrected chi connectivity index (χ0v) is 9.69. The molecule has 0 bridgehead atoms. The van der Waals surface area contributed by atoms with Gasteiger partial charge in [-0.15, -0.1) is 0 Å². The molecule has 1 aromatic rings. The highest BCUT2D eigenvalue weighted by Crippen LogP contribution is 2.03. The fourth-order valence-corrected chi connectivity index (χ4v) is 1.23. The monoisotopic (exact) mass is 236 g/mol. The summed E-state index contributed by atoms with van der Waals surface area (Å²) < 4.78 is 0. The molecule has 0 unspecified atom stereocenters. The van der Waals surface area contributed by atoms with Gasteiger partial charge in [-0.05, 0) is 11.1 Å². The summed E-state index contributed by atoms with van der Waals surface area (Å²) in [4.78, 5) is 21.9. The number of hydrogen-bond acceptors (Lipinski definition) is 3. The molecule has 17 heavy (non-hydrogen) atoms. The minimum atomic E-state index is -0.230. The molecule has 0 spiro atoms. The van der Waals surface area contributed by atoms with Crippen molar-refractivity contribution >= 4 is 11.8 Å². The van der Waals surface area contributed by atoms with Gasteiger partial charge >= 0.3 is 0 Å². The predicted octanol–water partition coefficient (Wildman–Crippen LogP) is -0.0688. The summed E-state index contributed by atoms with van der Waals surface area (Å²) in [6.45, 7) is 1.77. The van der Waals surface area contributed by atoms with Crippen LogP contribution < -0.4 is 10.6 Å². The van der Waals surface area contributed by atoms with Crippen LogP contribution in [0.15, 0.2) is 24.3 Å². The van der Waals surface area contributed by atoms with Crippen LogP contribution in [-0.4, -0.2) is 23.5 Å². The molecule has 1 rings (SSSR count). The molecule has 2 amide bonds. The SMILES string of the molecule is CC(=O)NCC(=O)NCc1ccc(CO)cc1. The van der Waals surface area contributed by atoms with Crippen molar-refractivity contribution in [2.24, 2.45) is 0 Å². The quantitative estimate of drug-likeness (QED) is 0.669. The van der Waals surface area contributed by atoms with Crippen molar-refractivity contribution in [2.75, 3.05) is 6.54 Å². The normalized spacial score (nSPS) is 9.76. The van der Waals surface area contributed by atoms with Crippen molar-refractivity contribution in [3.05, 3.63) is 35.4 Å². The van der Waals surface area contributed by atoms with Crippen molar-refractivity contribution in [1.29, 1.82) is 0 Å². The van der Waals surface area contributed by atoms with Gasteiger partial charge in [-0.1, -0.05) is 24.3 Å². The Morgan fingerprint density at radius 2 is 1.71 bits per heavy atom. The predicted molar refractivity (Wildman–Crippen MR) is 62.9 cm³/mol. The molecule has 0 radical (unpaired) electrons. The highest BCUT2D eigenvalue weighted by molar-refractivity contribution is 5.83. The largest absolute Gasteiger partial charge is 0.392 e. The summed E-state index contributed by atoms with van der Waals surface area (Å²) in [7, 11) is 0. The van der Waals surface area contributed by atoms with E-state index in [9.17, 15) is 9.59 Å². The number of aliphatic hydroxyl groups excluding tert-OH is 1. The maximum Gasteiger partial charge on any atom is 0.239 e. The summed E-state index contributed by atoms with van der Waals surface area (Å²) in [5.41, 5.74) is 1.77. The Kier molecular flexibility index (Phi) is 5.16. The molecule has 3 N–H and O–H groups in total. The van der Waals surface area contributed by atoms with Crippen molar-refractivity contribution in [3.8, 4) is 0 Å². The van der Waals surface area contributed by atoms with Gasteiger partial charge in [0.25, 0.3) is 0 Å². The molecule has 1 aromatic carbocycles. The molecule has 0 aliphatic heterocycles. The lowest BCUT2D eigenvalue weighted by atomic mass is 10.1. The first-order valence-corrected chi connectivity index (χ1v) is 5.31. The molecule has 0 aliphatic rings. The highest BCUT2D eigenvalue weighted by Gasteiger charge is 2.01. The van der Waals surface area contributed by atoms with Crippen molar-refractivity contribution < 1.29 is 14.7 Å². The van der Waals surface area contributed by atoms with E-state index in [0.717, 1.165) is 11.1 Å². The average molecular weight is 236 g/mol. The van der Waals surface area contributed by atoms with Gasteiger partial charge in [-0.25, -0.2) is 0 Å². The van der Waals surface area contributed by atoms with Crippen LogP contribution in [0.5, 0.6) is 0 Å². The van der Waals surface area contributed by atoms with Gasteiger partial charge in [-0.3, -0.25) is 9.59 Å². The number of amides is 2. The Morgan fingerprint density at radius 3 is 2.24 bits per heavy atom. The maximum absolute atomic E-state index is 11.3. The molecule has 0 saturated carbocycles. The smallest absolute Gasteiger partial charge is 0.239 e. The van der Waals surface area contributed by atoms with E-state index < -0.39 is 0 Å². The first-order valence-electron chi connectivity index (χ1n) is 5.31. The second-order valence-corrected chi connectivity index (χ2v) is 3.66. The standard InChI is InChI=1S/C12H16N2O3/c1-9(16)13-7-12(17)14-6-10-2-4-11(8-15)5-3-10/h2-5,15H,6-8H2,1H3,(H,13,16)(H,14,17). The van der Waals surface area contributed by atoms with Gasteiger partial charge in [0.05, 0.1) is 13.2 Å². The van der Waals surface area contributed by atoms with Crippen molar-refractivity contribution in [1.82, 2.24) is 10.6 Å². The van der Waals surface area contributed by atoms with Gasteiger partial charge in [-0.2, -0.15) is 0 Å². The molecule has 0 atom stereocenters. The molecule has 5 heteroatoms. The van der Waals surface area contributed by atoms with Crippen LogP contribution in [0.25, 0.3) is 0 Å². The fraction of sp³-hybridized carbons (Fsp3) is 0.333. The van der Waals surface area contributed by atoms with Crippen LogP contribution in [0.4, 0.5) is 0 Å². The molecule has 0 aliphatic carbocycles. The van der Waals surface area contributed by atoms with E-state index in [1.165, 1.54) is 6.92 Å². The van der Waals surface area contributed by atoms with Crippen molar-refractivity contribution in [2.45, 2.75) is 20.1 Å². The van der Waals surface area contributed by atoms with Crippen molar-refractivity contribution in [3.63, 3.8) is 0 Å². The molecule has 0 heterocycles. The number of nitrogens with one attached hydrogen (secondary N) is 2. The molecule has 92 valence electrons. The van der Waals surface area contributed by atoms with Crippen LogP contribution in [0, 0.1) is 0 Å². The van der Waals surface area contributed by atoms with Gasteiger partial charge in [0, 0.05) is 13.5 Å². The minimum Gasteiger partial charge on any atom is -0.392 e. The maximum atomic E-state index is 11.3. The van der Waals surface area contributed by atoms with Gasteiger partial charge in [0.2, 0.25) is 11.8 Å². The molecule has 0 saturated heterocycles. The van der Waals surface area contributed by atoms with Gasteiger partial charge in [0.1, 0.15) is 0 Å². The lowest BCUT2D eigenvalue weighted by Gasteiger charge is -2.06. The number of carbonyl (C=O) groups excluding carboxylic acids is 2. The Balaban J connectivity index is 2.34. The highest BCUT2D eigenvalue weighted by atomic mass is 16.3. The third kappa shape index (κ3) is 5.12. The average Bonchev–Trinajstić information content (AvgIpc) is 2.34. The van der Waals surface area contributed by atoms with E-state index in [1.54, 1.807) is 12.1 Å². The lowest BCUT2D eigenvalue weighted by molar-refractivity contribution is -0.125. The van der Waals surface area contributed by atoms with E-state index in [1.807, 2.05) is 12.1 Å². The number of rotatable bonds is 5. The third-order valence-electron chi connectivity index (χ3n) is 2.19. The first kappa shape index (κ1) is 13.2. The summed E-state index contributed by atoms with van der Waals surface area (Å²) in [5, 5.41) is 14.0. The van der Waals surface area contributed by atoms with E-state index >= 15 is 0 Å². The second kappa shape index (κ2) is 6.65. The first-order chi connectivity index (χ1) is 8.11. The van der Waals surface area contributed by atoms with Crippen LogP contribution in [-0.2, 0) is 22.7 Å². The number of hydrogen-bond donors (Lipinski definition) is 3. The molecule has 0 fully saturated rings. The second-order valence-electron chi connectivity index (χ2n) is 3.66. The molecular weight excluding hydrogens is 220 g/mol. The summed E-state index contributed by atoms with van der Waals surface area (Å²) in [5.74, 6) is -0.459. The zero-order chi connectivity index (χ0) is 12.7.